The molecule has 4 nitrogen and oxygen atoms in total. The minimum absolute atomic E-state index is 0.543. The van der Waals surface area contributed by atoms with Crippen LogP contribution in [0.5, 0.6) is 0 Å². The highest BCUT2D eigenvalue weighted by atomic mass is 16.3. The number of aliphatic hydroxyl groups is 1. The molecule has 1 saturated heterocycles. The second kappa shape index (κ2) is 4.28. The highest BCUT2D eigenvalue weighted by Gasteiger charge is 2.26. The Labute approximate surface area is 106 Å². The highest BCUT2D eigenvalue weighted by Crippen LogP contribution is 2.29. The minimum Gasteiger partial charge on any atom is -0.464 e. The number of nitrogens with zero attached hydrogens (tertiary/aromatic N) is 2. The summed E-state index contributed by atoms with van der Waals surface area (Å²) in [4.78, 5) is 6.73. The van der Waals surface area contributed by atoms with Crippen molar-refractivity contribution in [2.24, 2.45) is 0 Å². The second-order valence-electron chi connectivity index (χ2n) is 5.30. The zero-order chi connectivity index (χ0) is 12.6. The Morgan fingerprint density at radius 3 is 3.11 bits per heavy atom. The molecule has 4 heteroatoms. The summed E-state index contributed by atoms with van der Waals surface area (Å²) >= 11 is 0. The lowest BCUT2D eigenvalue weighted by Gasteiger charge is -2.23. The SMILES string of the molecule is CC1(O)CCCN(c2nccc3occc23)CC1. The number of fused-ring (bicyclic) bond motifs is 1. The second-order valence-corrected chi connectivity index (χ2v) is 5.30. The van der Waals surface area contributed by atoms with Gasteiger partial charge in [-0.25, -0.2) is 4.98 Å². The lowest BCUT2D eigenvalue weighted by molar-refractivity contribution is 0.0481. The third kappa shape index (κ3) is 2.08. The van der Waals surface area contributed by atoms with Crippen LogP contribution >= 0.6 is 0 Å². The summed E-state index contributed by atoms with van der Waals surface area (Å²) in [5, 5.41) is 11.2. The first-order chi connectivity index (χ1) is 8.66. The summed E-state index contributed by atoms with van der Waals surface area (Å²) in [7, 11) is 0. The molecule has 96 valence electrons. The zero-order valence-electron chi connectivity index (χ0n) is 10.6. The predicted molar refractivity (Wildman–Crippen MR) is 70.7 cm³/mol. The summed E-state index contributed by atoms with van der Waals surface area (Å²) in [6, 6.07) is 3.84. The standard InChI is InChI=1S/C14H18N2O2/c1-14(17)5-2-8-16(9-6-14)13-11-4-10-18-12(11)3-7-15-13/h3-4,7,10,17H,2,5-6,8-9H2,1H3. The molecule has 1 aliphatic rings. The maximum Gasteiger partial charge on any atom is 0.139 e. The van der Waals surface area contributed by atoms with Crippen molar-refractivity contribution in [3.63, 3.8) is 0 Å². The van der Waals surface area contributed by atoms with E-state index in [1.807, 2.05) is 19.1 Å². The molecule has 1 fully saturated rings. The first kappa shape index (κ1) is 11.5. The average Bonchev–Trinajstić information content (AvgIpc) is 2.74. The number of aromatic nitrogens is 1. The van der Waals surface area contributed by atoms with Crippen molar-refractivity contribution in [1.82, 2.24) is 4.98 Å². The van der Waals surface area contributed by atoms with Crippen molar-refractivity contribution < 1.29 is 9.52 Å². The monoisotopic (exact) mass is 246 g/mol. The molecule has 1 N–H and O–H groups in total. The van der Waals surface area contributed by atoms with E-state index < -0.39 is 5.60 Å². The van der Waals surface area contributed by atoms with Gasteiger partial charge in [0.05, 0.1) is 17.3 Å². The molecule has 0 amide bonds. The largest absolute Gasteiger partial charge is 0.464 e. The Balaban J connectivity index is 1.92. The minimum atomic E-state index is -0.543. The molecule has 0 saturated carbocycles. The van der Waals surface area contributed by atoms with Crippen LogP contribution in [0.1, 0.15) is 26.2 Å². The van der Waals surface area contributed by atoms with E-state index in [1.165, 1.54) is 0 Å². The van der Waals surface area contributed by atoms with Crippen molar-refractivity contribution in [1.29, 1.82) is 0 Å². The molecule has 0 aromatic carbocycles. The topological polar surface area (TPSA) is 49.5 Å². The van der Waals surface area contributed by atoms with Gasteiger partial charge in [0.25, 0.3) is 0 Å². The van der Waals surface area contributed by atoms with Gasteiger partial charge in [-0.05, 0) is 38.3 Å². The third-order valence-corrected chi connectivity index (χ3v) is 3.72. The Kier molecular flexibility index (Phi) is 2.74. The molecule has 0 spiro atoms. The lowest BCUT2D eigenvalue weighted by atomic mass is 9.98. The van der Waals surface area contributed by atoms with Gasteiger partial charge in [0, 0.05) is 19.3 Å². The van der Waals surface area contributed by atoms with Crippen molar-refractivity contribution in [3.8, 4) is 0 Å². The van der Waals surface area contributed by atoms with Gasteiger partial charge in [0.1, 0.15) is 11.4 Å². The van der Waals surface area contributed by atoms with E-state index in [1.54, 1.807) is 12.5 Å². The Hall–Kier alpha value is -1.55. The summed E-state index contributed by atoms with van der Waals surface area (Å²) in [6.45, 7) is 3.69. The number of rotatable bonds is 1. The zero-order valence-corrected chi connectivity index (χ0v) is 10.6. The molecule has 1 aliphatic heterocycles. The first-order valence-electron chi connectivity index (χ1n) is 6.45. The molecule has 2 aromatic heterocycles. The number of hydrogen-bond acceptors (Lipinski definition) is 4. The fraction of sp³-hybridized carbons (Fsp3) is 0.500. The van der Waals surface area contributed by atoms with E-state index in [0.717, 1.165) is 49.1 Å². The van der Waals surface area contributed by atoms with Gasteiger partial charge in [-0.2, -0.15) is 0 Å². The van der Waals surface area contributed by atoms with Gasteiger partial charge >= 0.3 is 0 Å². The fourth-order valence-electron chi connectivity index (χ4n) is 2.61. The van der Waals surface area contributed by atoms with Crippen LogP contribution in [0.4, 0.5) is 5.82 Å². The molecule has 2 aromatic rings. The van der Waals surface area contributed by atoms with Gasteiger partial charge in [0.2, 0.25) is 0 Å². The molecule has 0 radical (unpaired) electrons. The fourth-order valence-corrected chi connectivity index (χ4v) is 2.61. The van der Waals surface area contributed by atoms with E-state index >= 15 is 0 Å². The Morgan fingerprint density at radius 1 is 1.33 bits per heavy atom. The number of hydrogen-bond donors (Lipinski definition) is 1. The Bertz CT molecular complexity index is 547. The van der Waals surface area contributed by atoms with Crippen LogP contribution in [0, 0.1) is 0 Å². The van der Waals surface area contributed by atoms with Gasteiger partial charge in [-0.15, -0.1) is 0 Å². The van der Waals surface area contributed by atoms with Gasteiger partial charge < -0.3 is 14.4 Å². The molecular formula is C14H18N2O2. The average molecular weight is 246 g/mol. The normalized spacial score (nSPS) is 25.3. The van der Waals surface area contributed by atoms with Crippen LogP contribution in [-0.4, -0.2) is 28.8 Å². The van der Waals surface area contributed by atoms with Crippen molar-refractivity contribution in [2.75, 3.05) is 18.0 Å². The van der Waals surface area contributed by atoms with E-state index in [2.05, 4.69) is 9.88 Å². The number of anilines is 1. The van der Waals surface area contributed by atoms with Gasteiger partial charge in [-0.3, -0.25) is 0 Å². The summed E-state index contributed by atoms with van der Waals surface area (Å²) in [6.07, 6.45) is 6.10. The van der Waals surface area contributed by atoms with Crippen LogP contribution in [0.2, 0.25) is 0 Å². The predicted octanol–water partition coefficient (Wildman–Crippen LogP) is 2.57. The quantitative estimate of drug-likeness (QED) is 0.840. The molecule has 1 unspecified atom stereocenters. The van der Waals surface area contributed by atoms with E-state index in [0.29, 0.717) is 0 Å². The van der Waals surface area contributed by atoms with E-state index in [9.17, 15) is 5.11 Å². The lowest BCUT2D eigenvalue weighted by Crippen LogP contribution is -2.28. The van der Waals surface area contributed by atoms with Crippen LogP contribution in [-0.2, 0) is 0 Å². The van der Waals surface area contributed by atoms with Crippen LogP contribution in [0.15, 0.2) is 29.0 Å². The molecule has 1 atom stereocenters. The maximum absolute atomic E-state index is 10.1. The van der Waals surface area contributed by atoms with E-state index in [-0.39, 0.29) is 0 Å². The first-order valence-corrected chi connectivity index (χ1v) is 6.45. The van der Waals surface area contributed by atoms with Crippen molar-refractivity contribution in [3.05, 3.63) is 24.6 Å². The molecular weight excluding hydrogens is 228 g/mol. The van der Waals surface area contributed by atoms with Crippen LogP contribution < -0.4 is 4.90 Å². The molecule has 0 aliphatic carbocycles. The van der Waals surface area contributed by atoms with E-state index in [4.69, 9.17) is 4.42 Å². The smallest absolute Gasteiger partial charge is 0.139 e. The van der Waals surface area contributed by atoms with Gasteiger partial charge in [-0.1, -0.05) is 0 Å². The summed E-state index contributed by atoms with van der Waals surface area (Å²) in [5.41, 5.74) is 0.329. The van der Waals surface area contributed by atoms with Crippen LogP contribution in [0.3, 0.4) is 0 Å². The molecule has 0 bridgehead atoms. The number of furan rings is 1. The van der Waals surface area contributed by atoms with Gasteiger partial charge in [0.15, 0.2) is 0 Å². The maximum atomic E-state index is 10.1. The third-order valence-electron chi connectivity index (χ3n) is 3.72. The van der Waals surface area contributed by atoms with Crippen molar-refractivity contribution >= 4 is 16.8 Å². The van der Waals surface area contributed by atoms with Crippen LogP contribution in [0.25, 0.3) is 11.0 Å². The molecule has 3 rings (SSSR count). The number of pyridine rings is 1. The summed E-state index contributed by atoms with van der Waals surface area (Å²) < 4.78 is 5.41. The summed E-state index contributed by atoms with van der Waals surface area (Å²) in [5.74, 6) is 0.971. The van der Waals surface area contributed by atoms with Crippen molar-refractivity contribution in [2.45, 2.75) is 31.8 Å². The highest BCUT2D eigenvalue weighted by molar-refractivity contribution is 5.88. The molecule has 3 heterocycles. The Morgan fingerprint density at radius 2 is 2.22 bits per heavy atom. The molecule has 18 heavy (non-hydrogen) atoms.